The molecule has 7 nitrogen and oxygen atoms in total. The minimum atomic E-state index is -1.02. The van der Waals surface area contributed by atoms with Crippen LogP contribution in [0.1, 0.15) is 29.3 Å². The van der Waals surface area contributed by atoms with Crippen LogP contribution in [0.25, 0.3) is 0 Å². The van der Waals surface area contributed by atoms with E-state index in [2.05, 4.69) is 10.6 Å². The quantitative estimate of drug-likeness (QED) is 0.274. The fraction of sp³-hybridized carbons (Fsp3) is 0.192. The van der Waals surface area contributed by atoms with Gasteiger partial charge in [-0.05, 0) is 72.6 Å². The number of aliphatic carboxylic acids is 1. The number of rotatable bonds is 10. The highest BCUT2D eigenvalue weighted by atomic mass is 35.5. The van der Waals surface area contributed by atoms with Gasteiger partial charge in [-0.3, -0.25) is 14.9 Å². The lowest BCUT2D eigenvalue weighted by Gasteiger charge is -2.13. The second kappa shape index (κ2) is 12.8. The third kappa shape index (κ3) is 8.35. The molecule has 1 unspecified atom stereocenters. The molecule has 0 saturated heterocycles. The predicted molar refractivity (Wildman–Crippen MR) is 139 cm³/mol. The minimum absolute atomic E-state index is 0.0512. The Bertz CT molecular complexity index is 1150. The summed E-state index contributed by atoms with van der Waals surface area (Å²) in [5.74, 6) is -1.30. The number of benzene rings is 3. The van der Waals surface area contributed by atoms with Crippen LogP contribution in [-0.4, -0.2) is 34.9 Å². The average Bonchev–Trinajstić information content (AvgIpc) is 2.85. The minimum Gasteiger partial charge on any atom is -0.480 e. The molecule has 3 aromatic carbocycles. The Morgan fingerprint density at radius 1 is 0.914 bits per heavy atom. The second-order valence-corrected chi connectivity index (χ2v) is 9.24. The van der Waals surface area contributed by atoms with Crippen LogP contribution in [-0.2, 0) is 16.0 Å². The number of carboxylic acids is 1. The molecule has 3 N–H and O–H groups in total. The first-order valence-electron chi connectivity index (χ1n) is 10.9. The molecule has 0 aromatic heterocycles. The van der Waals surface area contributed by atoms with Crippen LogP contribution in [0.15, 0.2) is 77.7 Å². The monoisotopic (exact) mass is 512 g/mol. The highest BCUT2D eigenvalue weighted by Crippen LogP contribution is 2.26. The molecule has 0 bridgehead atoms. The van der Waals surface area contributed by atoms with Gasteiger partial charge in [0.25, 0.3) is 5.91 Å². The van der Waals surface area contributed by atoms with Gasteiger partial charge in [-0.1, -0.05) is 30.7 Å². The molecule has 182 valence electrons. The fourth-order valence-corrected chi connectivity index (χ4v) is 4.12. The lowest BCUT2D eigenvalue weighted by Crippen LogP contribution is -2.21. The first kappa shape index (κ1) is 26.1. The number of anilines is 2. The SMILES string of the molecule is CCc1ccc(NC(=O)OCCC(Sc2ccc(C(=O)Nc3ccc(Cl)cc3)cc2)C(=O)O)cc1. The van der Waals surface area contributed by atoms with E-state index in [0.717, 1.165) is 23.7 Å². The number of carboxylic acid groups (broad SMARTS) is 1. The Balaban J connectivity index is 1.48. The zero-order valence-corrected chi connectivity index (χ0v) is 20.6. The number of aryl methyl sites for hydroxylation is 1. The number of halogens is 1. The van der Waals surface area contributed by atoms with E-state index < -0.39 is 17.3 Å². The van der Waals surface area contributed by atoms with Gasteiger partial charge in [0.05, 0.1) is 6.61 Å². The molecule has 3 rings (SSSR count). The van der Waals surface area contributed by atoms with Crippen molar-refractivity contribution in [3.8, 4) is 0 Å². The Kier molecular flexibility index (Phi) is 9.57. The van der Waals surface area contributed by atoms with Crippen LogP contribution in [0, 0.1) is 0 Å². The highest BCUT2D eigenvalue weighted by Gasteiger charge is 2.20. The van der Waals surface area contributed by atoms with Crippen LogP contribution in [0.2, 0.25) is 5.02 Å². The first-order valence-corrected chi connectivity index (χ1v) is 12.2. The largest absolute Gasteiger partial charge is 0.480 e. The van der Waals surface area contributed by atoms with Gasteiger partial charge >= 0.3 is 12.1 Å². The molecule has 0 fully saturated rings. The summed E-state index contributed by atoms with van der Waals surface area (Å²) < 4.78 is 5.15. The highest BCUT2D eigenvalue weighted by molar-refractivity contribution is 8.00. The van der Waals surface area contributed by atoms with Gasteiger partial charge in [-0.25, -0.2) is 4.79 Å². The van der Waals surface area contributed by atoms with Gasteiger partial charge in [0, 0.05) is 33.3 Å². The number of nitrogens with one attached hydrogen (secondary N) is 2. The molecule has 0 aliphatic heterocycles. The lowest BCUT2D eigenvalue weighted by molar-refractivity contribution is -0.136. The van der Waals surface area contributed by atoms with Crippen LogP contribution < -0.4 is 10.6 Å². The molecule has 2 amide bonds. The second-order valence-electron chi connectivity index (χ2n) is 7.53. The standard InChI is InChI=1S/C26H25ClN2O5S/c1-2-17-3-9-21(10-4-17)29-26(33)34-16-15-23(25(31)32)35-22-13-5-18(6-14-22)24(30)28-20-11-7-19(27)8-12-20/h3-14,23H,2,15-16H2,1H3,(H,28,30)(H,29,33)(H,31,32). The molecule has 0 aliphatic rings. The Morgan fingerprint density at radius 2 is 1.51 bits per heavy atom. The van der Waals surface area contributed by atoms with Crippen LogP contribution >= 0.6 is 23.4 Å². The summed E-state index contributed by atoms with van der Waals surface area (Å²) in [6, 6.07) is 20.8. The first-order chi connectivity index (χ1) is 16.8. The maximum atomic E-state index is 12.4. The van der Waals surface area contributed by atoms with Crippen LogP contribution in [0.5, 0.6) is 0 Å². The summed E-state index contributed by atoms with van der Waals surface area (Å²) >= 11 is 6.98. The lowest BCUT2D eigenvalue weighted by atomic mass is 10.1. The normalized spacial score (nSPS) is 11.4. The van der Waals surface area contributed by atoms with Crippen molar-refractivity contribution in [3.63, 3.8) is 0 Å². The number of hydrogen-bond donors (Lipinski definition) is 3. The van der Waals surface area contributed by atoms with E-state index in [4.69, 9.17) is 16.3 Å². The van der Waals surface area contributed by atoms with Crippen molar-refractivity contribution in [1.82, 2.24) is 0 Å². The summed E-state index contributed by atoms with van der Waals surface area (Å²) in [4.78, 5) is 36.8. The van der Waals surface area contributed by atoms with Gasteiger partial charge in [-0.15, -0.1) is 11.8 Å². The molecule has 1 atom stereocenters. The maximum Gasteiger partial charge on any atom is 0.411 e. The smallest absolute Gasteiger partial charge is 0.411 e. The number of hydrogen-bond acceptors (Lipinski definition) is 5. The van der Waals surface area contributed by atoms with E-state index in [1.165, 1.54) is 0 Å². The van der Waals surface area contributed by atoms with E-state index in [1.807, 2.05) is 19.1 Å². The average molecular weight is 513 g/mol. The number of carbonyl (C=O) groups excluding carboxylic acids is 2. The summed E-state index contributed by atoms with van der Waals surface area (Å²) in [6.45, 7) is 1.99. The fourth-order valence-electron chi connectivity index (χ4n) is 3.05. The molecule has 0 spiro atoms. The number of amides is 2. The molecule has 0 heterocycles. The van der Waals surface area contributed by atoms with Crippen molar-refractivity contribution in [2.45, 2.75) is 29.9 Å². The molecule has 0 saturated carbocycles. The zero-order chi connectivity index (χ0) is 25.2. The summed E-state index contributed by atoms with van der Waals surface area (Å²) in [5, 5.41) is 14.7. The molecule has 0 radical (unpaired) electrons. The summed E-state index contributed by atoms with van der Waals surface area (Å²) in [7, 11) is 0. The van der Waals surface area contributed by atoms with Crippen LogP contribution in [0.4, 0.5) is 16.2 Å². The van der Waals surface area contributed by atoms with Gasteiger partial charge in [0.15, 0.2) is 0 Å². The van der Waals surface area contributed by atoms with Gasteiger partial charge < -0.3 is 15.2 Å². The Morgan fingerprint density at radius 3 is 2.11 bits per heavy atom. The van der Waals surface area contributed by atoms with Gasteiger partial charge in [0.2, 0.25) is 0 Å². The van der Waals surface area contributed by atoms with Crippen LogP contribution in [0.3, 0.4) is 0 Å². The number of thioether (sulfide) groups is 1. The summed E-state index contributed by atoms with van der Waals surface area (Å²) in [5.41, 5.74) is 2.81. The van der Waals surface area contributed by atoms with Crippen molar-refractivity contribution >= 4 is 52.7 Å². The Labute approximate surface area is 212 Å². The molecular weight excluding hydrogens is 488 g/mol. The van der Waals surface area contributed by atoms with E-state index >= 15 is 0 Å². The molecule has 0 aliphatic carbocycles. The third-order valence-electron chi connectivity index (χ3n) is 4.99. The molecule has 9 heteroatoms. The maximum absolute atomic E-state index is 12.4. The van der Waals surface area contributed by atoms with Gasteiger partial charge in [0.1, 0.15) is 5.25 Å². The number of ether oxygens (including phenoxy) is 1. The predicted octanol–water partition coefficient (Wildman–Crippen LogP) is 6.34. The number of carbonyl (C=O) groups is 3. The molecule has 3 aromatic rings. The van der Waals surface area contributed by atoms with Gasteiger partial charge in [-0.2, -0.15) is 0 Å². The van der Waals surface area contributed by atoms with Crippen molar-refractivity contribution in [2.24, 2.45) is 0 Å². The van der Waals surface area contributed by atoms with E-state index in [0.29, 0.717) is 26.9 Å². The molecular formula is C26H25ClN2O5S. The summed E-state index contributed by atoms with van der Waals surface area (Å²) in [6.07, 6.45) is 0.388. The van der Waals surface area contributed by atoms with Crippen molar-refractivity contribution in [3.05, 3.63) is 88.9 Å². The van der Waals surface area contributed by atoms with Crippen molar-refractivity contribution in [2.75, 3.05) is 17.2 Å². The van der Waals surface area contributed by atoms with E-state index in [9.17, 15) is 19.5 Å². The van der Waals surface area contributed by atoms with E-state index in [1.54, 1.807) is 60.7 Å². The molecule has 35 heavy (non-hydrogen) atoms. The third-order valence-corrected chi connectivity index (χ3v) is 6.51. The van der Waals surface area contributed by atoms with Crippen molar-refractivity contribution < 1.29 is 24.2 Å². The zero-order valence-electron chi connectivity index (χ0n) is 19.0. The van der Waals surface area contributed by atoms with Crippen molar-refractivity contribution in [1.29, 1.82) is 0 Å². The van der Waals surface area contributed by atoms with E-state index in [-0.39, 0.29) is 18.9 Å². The Hall–Kier alpha value is -3.49. The topological polar surface area (TPSA) is 105 Å².